The minimum Gasteiger partial charge on any atom is -0.479 e. The Morgan fingerprint density at radius 2 is 1.91 bits per heavy atom. The van der Waals surface area contributed by atoms with Gasteiger partial charge in [0, 0.05) is 5.56 Å². The van der Waals surface area contributed by atoms with Gasteiger partial charge < -0.3 is 15.3 Å². The summed E-state index contributed by atoms with van der Waals surface area (Å²) < 4.78 is 48.0. The maximum atomic E-state index is 13.5. The van der Waals surface area contributed by atoms with Crippen molar-refractivity contribution in [3.63, 3.8) is 0 Å². The van der Waals surface area contributed by atoms with Crippen molar-refractivity contribution < 1.29 is 27.5 Å². The van der Waals surface area contributed by atoms with E-state index in [0.29, 0.717) is 5.76 Å². The van der Waals surface area contributed by atoms with Crippen LogP contribution in [0.1, 0.15) is 17.2 Å². The van der Waals surface area contributed by atoms with Crippen LogP contribution < -0.4 is 5.73 Å². The lowest BCUT2D eigenvalue weighted by Gasteiger charge is -2.19. The third-order valence-corrected chi connectivity index (χ3v) is 4.84. The molecule has 0 saturated heterocycles. The van der Waals surface area contributed by atoms with Crippen molar-refractivity contribution in [3.05, 3.63) is 60.0 Å². The maximum Gasteiger partial charge on any atom is 0.416 e. The molecule has 0 fully saturated rings. The number of nitrogens with two attached hydrogens (primary N) is 1. The van der Waals surface area contributed by atoms with Gasteiger partial charge in [0.05, 0.1) is 23.4 Å². The number of carboxylic acid groups (broad SMARTS) is 1. The van der Waals surface area contributed by atoms with Gasteiger partial charge in [0.25, 0.3) is 0 Å². The first-order valence-electron chi connectivity index (χ1n) is 9.08. The summed E-state index contributed by atoms with van der Waals surface area (Å²) in [4.78, 5) is 20.6. The van der Waals surface area contributed by atoms with E-state index in [1.165, 1.54) is 29.1 Å². The van der Waals surface area contributed by atoms with Gasteiger partial charge in [0.15, 0.2) is 23.1 Å². The summed E-state index contributed by atoms with van der Waals surface area (Å²) in [7, 11) is 0. The van der Waals surface area contributed by atoms with E-state index >= 15 is 0 Å². The van der Waals surface area contributed by atoms with E-state index in [0.717, 1.165) is 16.8 Å². The highest BCUT2D eigenvalue weighted by atomic mass is 19.4. The molecule has 10 nitrogen and oxygen atoms in total. The molecule has 0 aliphatic carbocycles. The molecule has 1 unspecified atom stereocenters. The Morgan fingerprint density at radius 1 is 1.12 bits per heavy atom. The zero-order valence-electron chi connectivity index (χ0n) is 15.9. The molecule has 32 heavy (non-hydrogen) atoms. The van der Waals surface area contributed by atoms with Gasteiger partial charge in [-0.3, -0.25) is 0 Å². The zero-order chi connectivity index (χ0) is 22.6. The SMILES string of the molecule is Nc1nc2c(cnn2C(C(=O)O)c2ccccc2C(F)(F)F)c2nc(-c3ccco3)nn12. The number of furan rings is 1. The van der Waals surface area contributed by atoms with Crippen LogP contribution in [-0.4, -0.2) is 40.4 Å². The van der Waals surface area contributed by atoms with Crippen LogP contribution in [0.2, 0.25) is 0 Å². The summed E-state index contributed by atoms with van der Waals surface area (Å²) in [6.07, 6.45) is -2.08. The zero-order valence-corrected chi connectivity index (χ0v) is 15.9. The number of aromatic nitrogens is 6. The summed E-state index contributed by atoms with van der Waals surface area (Å²) in [5.41, 5.74) is 4.54. The molecule has 5 rings (SSSR count). The van der Waals surface area contributed by atoms with Gasteiger partial charge in [-0.2, -0.15) is 27.8 Å². The van der Waals surface area contributed by atoms with Crippen LogP contribution >= 0.6 is 0 Å². The molecule has 0 amide bonds. The van der Waals surface area contributed by atoms with E-state index in [4.69, 9.17) is 10.2 Å². The number of hydrogen-bond acceptors (Lipinski definition) is 7. The van der Waals surface area contributed by atoms with Crippen molar-refractivity contribution in [2.45, 2.75) is 12.2 Å². The van der Waals surface area contributed by atoms with Crippen LogP contribution in [0.3, 0.4) is 0 Å². The molecule has 0 aliphatic heterocycles. The Kier molecular flexibility index (Phi) is 4.15. The van der Waals surface area contributed by atoms with Crippen LogP contribution in [0.15, 0.2) is 53.3 Å². The fourth-order valence-electron chi connectivity index (χ4n) is 3.49. The Balaban J connectivity index is 1.75. The Morgan fingerprint density at radius 3 is 2.59 bits per heavy atom. The van der Waals surface area contributed by atoms with Gasteiger partial charge in [-0.15, -0.1) is 5.10 Å². The topological polar surface area (TPSA) is 137 Å². The lowest BCUT2D eigenvalue weighted by Crippen LogP contribution is -2.25. The van der Waals surface area contributed by atoms with E-state index in [-0.39, 0.29) is 28.5 Å². The molecule has 1 aromatic carbocycles. The first-order valence-corrected chi connectivity index (χ1v) is 9.08. The number of aliphatic carboxylic acids is 1. The molecule has 162 valence electrons. The summed E-state index contributed by atoms with van der Waals surface area (Å²) >= 11 is 0. The minimum absolute atomic E-state index is 0.0576. The van der Waals surface area contributed by atoms with E-state index in [2.05, 4.69) is 20.2 Å². The molecule has 0 bridgehead atoms. The van der Waals surface area contributed by atoms with E-state index in [1.807, 2.05) is 0 Å². The molecule has 0 aliphatic rings. The summed E-state index contributed by atoms with van der Waals surface area (Å²) in [5, 5.41) is 18.3. The number of rotatable bonds is 4. The second kappa shape index (κ2) is 6.80. The van der Waals surface area contributed by atoms with E-state index < -0.39 is 29.3 Å². The molecule has 0 saturated carbocycles. The predicted molar refractivity (Wildman–Crippen MR) is 103 cm³/mol. The number of fused-ring (bicyclic) bond motifs is 3. The molecule has 0 spiro atoms. The highest BCUT2D eigenvalue weighted by Gasteiger charge is 2.38. The average molecular weight is 443 g/mol. The second-order valence-electron chi connectivity index (χ2n) is 6.77. The number of nitrogen functional groups attached to an aromatic ring is 1. The Labute approximate surface area is 175 Å². The summed E-state index contributed by atoms with van der Waals surface area (Å²) in [5.74, 6) is -1.16. The number of nitrogens with zero attached hydrogens (tertiary/aromatic N) is 6. The minimum atomic E-state index is -4.77. The monoisotopic (exact) mass is 443 g/mol. The number of carboxylic acids is 1. The van der Waals surface area contributed by atoms with Crippen LogP contribution in [-0.2, 0) is 11.0 Å². The Bertz CT molecular complexity index is 1470. The largest absolute Gasteiger partial charge is 0.479 e. The van der Waals surface area contributed by atoms with Crippen LogP contribution in [0, 0.1) is 0 Å². The number of hydrogen-bond donors (Lipinski definition) is 2. The second-order valence-corrected chi connectivity index (χ2v) is 6.77. The van der Waals surface area contributed by atoms with Gasteiger partial charge in [-0.05, 0) is 18.2 Å². The van der Waals surface area contributed by atoms with Crippen molar-refractivity contribution in [2.24, 2.45) is 0 Å². The molecule has 4 aromatic heterocycles. The summed E-state index contributed by atoms with van der Waals surface area (Å²) in [6.45, 7) is 0. The normalized spacial score (nSPS) is 13.1. The third-order valence-electron chi connectivity index (χ3n) is 4.84. The van der Waals surface area contributed by atoms with E-state index in [1.54, 1.807) is 12.1 Å². The fraction of sp³-hybridized carbons (Fsp3) is 0.105. The average Bonchev–Trinajstić information content (AvgIpc) is 3.47. The van der Waals surface area contributed by atoms with Gasteiger partial charge in [0.2, 0.25) is 11.8 Å². The van der Waals surface area contributed by atoms with Crippen molar-refractivity contribution in [3.8, 4) is 11.6 Å². The molecular formula is C19H12F3N7O3. The summed E-state index contributed by atoms with van der Waals surface area (Å²) in [6, 6.07) is 5.86. The van der Waals surface area contributed by atoms with Crippen molar-refractivity contribution in [1.29, 1.82) is 0 Å². The number of carbonyl (C=O) groups is 1. The molecule has 3 N–H and O–H groups in total. The standard InChI is InChI=1S/C19H12F3N7O3/c20-19(21,22)11-5-2-1-4-9(11)13(17(30)31)28-16-10(8-24-28)15-25-14(12-6-3-7-32-12)27-29(15)18(23)26-16/h1-8,13H,(H2,23,26)(H,30,31). The number of halogens is 3. The fourth-order valence-corrected chi connectivity index (χ4v) is 3.49. The molecule has 13 heteroatoms. The van der Waals surface area contributed by atoms with Crippen LogP contribution in [0.4, 0.5) is 19.1 Å². The Hall–Kier alpha value is -4.42. The smallest absolute Gasteiger partial charge is 0.416 e. The van der Waals surface area contributed by atoms with Crippen molar-refractivity contribution >= 4 is 28.6 Å². The van der Waals surface area contributed by atoms with Gasteiger partial charge in [-0.1, -0.05) is 18.2 Å². The number of alkyl halides is 3. The van der Waals surface area contributed by atoms with E-state index in [9.17, 15) is 23.1 Å². The maximum absolute atomic E-state index is 13.5. The molecule has 4 heterocycles. The predicted octanol–water partition coefficient (Wildman–Crippen LogP) is 3.01. The molecule has 0 radical (unpaired) electrons. The number of benzene rings is 1. The third kappa shape index (κ3) is 2.93. The first kappa shape index (κ1) is 19.5. The van der Waals surface area contributed by atoms with Crippen LogP contribution in [0.25, 0.3) is 28.3 Å². The molecular weight excluding hydrogens is 431 g/mol. The lowest BCUT2D eigenvalue weighted by atomic mass is 10.00. The van der Waals surface area contributed by atoms with Crippen molar-refractivity contribution in [1.82, 2.24) is 29.4 Å². The lowest BCUT2D eigenvalue weighted by molar-refractivity contribution is -0.142. The molecule has 1 atom stereocenters. The van der Waals surface area contributed by atoms with Crippen LogP contribution in [0.5, 0.6) is 0 Å². The number of anilines is 1. The van der Waals surface area contributed by atoms with Gasteiger partial charge in [-0.25, -0.2) is 14.5 Å². The quantitative estimate of drug-likeness (QED) is 0.432. The first-order chi connectivity index (χ1) is 15.3. The molecule has 5 aromatic rings. The highest BCUT2D eigenvalue weighted by molar-refractivity contribution is 5.91. The van der Waals surface area contributed by atoms with Crippen molar-refractivity contribution in [2.75, 3.05) is 5.73 Å². The van der Waals surface area contributed by atoms with Gasteiger partial charge >= 0.3 is 12.1 Å². The van der Waals surface area contributed by atoms with Gasteiger partial charge in [0.1, 0.15) is 0 Å². The highest BCUT2D eigenvalue weighted by Crippen LogP contribution is 2.36.